The van der Waals surface area contributed by atoms with E-state index in [4.69, 9.17) is 4.74 Å². The minimum atomic E-state index is -4.37. The van der Waals surface area contributed by atoms with Gasteiger partial charge in [0.25, 0.3) is 5.91 Å². The van der Waals surface area contributed by atoms with Crippen molar-refractivity contribution in [3.05, 3.63) is 52.8 Å². The normalized spacial score (nSPS) is 15.3. The fourth-order valence-corrected chi connectivity index (χ4v) is 3.34. The van der Waals surface area contributed by atoms with Crippen molar-refractivity contribution in [2.24, 2.45) is 7.05 Å². The molecule has 0 N–H and O–H groups in total. The Labute approximate surface area is 172 Å². The predicted octanol–water partition coefficient (Wildman–Crippen LogP) is 2.57. The molecule has 2 aromatic rings. The van der Waals surface area contributed by atoms with Gasteiger partial charge in [-0.25, -0.2) is 4.79 Å². The van der Waals surface area contributed by atoms with Gasteiger partial charge in [-0.05, 0) is 18.6 Å². The molecule has 0 spiro atoms. The molecule has 0 atom stereocenters. The number of aromatic nitrogens is 2. The second-order valence-electron chi connectivity index (χ2n) is 7.03. The first-order chi connectivity index (χ1) is 14.2. The number of alkyl halides is 3. The van der Waals surface area contributed by atoms with Gasteiger partial charge in [-0.2, -0.15) is 18.3 Å². The van der Waals surface area contributed by atoms with Crippen LogP contribution in [-0.4, -0.2) is 64.2 Å². The molecule has 3 rings (SSSR count). The maximum absolute atomic E-state index is 12.9. The fourth-order valence-electron chi connectivity index (χ4n) is 3.34. The Morgan fingerprint density at radius 1 is 1.13 bits per heavy atom. The number of nitrogens with zero attached hydrogens (tertiary/aromatic N) is 4. The van der Waals surface area contributed by atoms with Crippen LogP contribution >= 0.6 is 0 Å². The quantitative estimate of drug-likeness (QED) is 0.691. The van der Waals surface area contributed by atoms with Crippen molar-refractivity contribution in [3.8, 4) is 0 Å². The summed E-state index contributed by atoms with van der Waals surface area (Å²) in [5.41, 5.74) is 0.269. The van der Waals surface area contributed by atoms with E-state index in [1.165, 1.54) is 16.8 Å². The number of ether oxygens (including phenoxy) is 1. The largest absolute Gasteiger partial charge is 0.461 e. The third kappa shape index (κ3) is 4.99. The van der Waals surface area contributed by atoms with Gasteiger partial charge in [0.2, 0.25) is 0 Å². The van der Waals surface area contributed by atoms with Gasteiger partial charge in [-0.15, -0.1) is 0 Å². The van der Waals surface area contributed by atoms with Crippen LogP contribution in [-0.2, 0) is 24.5 Å². The van der Waals surface area contributed by atoms with Crippen molar-refractivity contribution in [1.82, 2.24) is 19.6 Å². The maximum atomic E-state index is 12.9. The van der Waals surface area contributed by atoms with Crippen molar-refractivity contribution >= 4 is 11.9 Å². The maximum Gasteiger partial charge on any atom is 0.416 e. The smallest absolute Gasteiger partial charge is 0.416 e. The van der Waals surface area contributed by atoms with Gasteiger partial charge in [0, 0.05) is 45.8 Å². The molecule has 10 heteroatoms. The van der Waals surface area contributed by atoms with Crippen LogP contribution in [0.5, 0.6) is 0 Å². The second-order valence-corrected chi connectivity index (χ2v) is 7.03. The van der Waals surface area contributed by atoms with E-state index in [2.05, 4.69) is 5.10 Å². The van der Waals surface area contributed by atoms with Gasteiger partial charge in [0.1, 0.15) is 5.69 Å². The molecule has 0 radical (unpaired) electrons. The Balaban J connectivity index is 1.59. The summed E-state index contributed by atoms with van der Waals surface area (Å²) in [5, 5.41) is 4.11. The molecule has 1 aliphatic rings. The van der Waals surface area contributed by atoms with Crippen molar-refractivity contribution in [3.63, 3.8) is 0 Å². The number of benzene rings is 1. The molecule has 1 saturated heterocycles. The van der Waals surface area contributed by atoms with E-state index in [-0.39, 0.29) is 23.9 Å². The van der Waals surface area contributed by atoms with Crippen LogP contribution in [0, 0.1) is 0 Å². The molecule has 0 aliphatic carbocycles. The molecule has 0 bridgehead atoms. The molecule has 1 fully saturated rings. The average molecular weight is 424 g/mol. The van der Waals surface area contributed by atoms with Gasteiger partial charge in [-0.1, -0.05) is 18.2 Å². The van der Waals surface area contributed by atoms with Crippen LogP contribution < -0.4 is 0 Å². The zero-order chi connectivity index (χ0) is 21.9. The lowest BCUT2D eigenvalue weighted by Crippen LogP contribution is -2.48. The molecule has 1 aromatic heterocycles. The Morgan fingerprint density at radius 3 is 2.47 bits per heavy atom. The van der Waals surface area contributed by atoms with Crippen LogP contribution in [0.25, 0.3) is 0 Å². The van der Waals surface area contributed by atoms with Crippen molar-refractivity contribution in [2.45, 2.75) is 19.6 Å². The molecule has 7 nitrogen and oxygen atoms in total. The molecule has 162 valence electrons. The van der Waals surface area contributed by atoms with Gasteiger partial charge in [0.15, 0.2) is 5.69 Å². The summed E-state index contributed by atoms with van der Waals surface area (Å²) in [6.45, 7) is 4.19. The first kappa shape index (κ1) is 21.8. The third-order valence-electron chi connectivity index (χ3n) is 4.90. The highest BCUT2D eigenvalue weighted by Crippen LogP contribution is 2.29. The van der Waals surface area contributed by atoms with Crippen LogP contribution in [0.15, 0.2) is 30.3 Å². The number of halogens is 3. The number of esters is 1. The van der Waals surface area contributed by atoms with Gasteiger partial charge in [0.05, 0.1) is 12.2 Å². The van der Waals surface area contributed by atoms with E-state index in [1.807, 2.05) is 4.90 Å². The number of aryl methyl sites for hydroxylation is 1. The Bertz CT molecular complexity index is 918. The lowest BCUT2D eigenvalue weighted by Gasteiger charge is -2.34. The van der Waals surface area contributed by atoms with Crippen LogP contribution in [0.1, 0.15) is 39.0 Å². The molecule has 0 unspecified atom stereocenters. The lowest BCUT2D eigenvalue weighted by atomic mass is 10.1. The SMILES string of the molecule is CCOC(=O)c1cc(C(=O)N2CCN(Cc3cccc(C(F)(F)F)c3)CC2)nn1C. The zero-order valence-electron chi connectivity index (χ0n) is 16.8. The minimum absolute atomic E-state index is 0.159. The third-order valence-corrected chi connectivity index (χ3v) is 4.90. The number of amides is 1. The highest BCUT2D eigenvalue weighted by molar-refractivity contribution is 5.96. The van der Waals surface area contributed by atoms with Crippen LogP contribution in [0.4, 0.5) is 13.2 Å². The van der Waals surface area contributed by atoms with Crippen molar-refractivity contribution < 1.29 is 27.5 Å². The fraction of sp³-hybridized carbons (Fsp3) is 0.450. The van der Waals surface area contributed by atoms with E-state index >= 15 is 0 Å². The van der Waals surface area contributed by atoms with Gasteiger partial charge in [-0.3, -0.25) is 14.4 Å². The molecular weight excluding hydrogens is 401 g/mol. The summed E-state index contributed by atoms with van der Waals surface area (Å²) >= 11 is 0. The highest BCUT2D eigenvalue weighted by Gasteiger charge is 2.31. The summed E-state index contributed by atoms with van der Waals surface area (Å²) in [7, 11) is 1.57. The summed E-state index contributed by atoms with van der Waals surface area (Å²) < 4.78 is 44.9. The zero-order valence-corrected chi connectivity index (χ0v) is 16.8. The first-order valence-corrected chi connectivity index (χ1v) is 9.58. The van der Waals surface area contributed by atoms with E-state index in [9.17, 15) is 22.8 Å². The number of hydrogen-bond donors (Lipinski definition) is 0. The van der Waals surface area contributed by atoms with Gasteiger partial charge < -0.3 is 9.64 Å². The highest BCUT2D eigenvalue weighted by atomic mass is 19.4. The Kier molecular flexibility index (Phi) is 6.45. The van der Waals surface area contributed by atoms with Gasteiger partial charge >= 0.3 is 12.1 Å². The standard InChI is InChI=1S/C20H23F3N4O3/c1-3-30-19(29)17-12-16(24-25(17)2)18(28)27-9-7-26(8-10-27)13-14-5-4-6-15(11-14)20(21,22)23/h4-6,11-12H,3,7-10,13H2,1-2H3. The monoisotopic (exact) mass is 424 g/mol. The summed E-state index contributed by atoms with van der Waals surface area (Å²) in [6.07, 6.45) is -4.37. The lowest BCUT2D eigenvalue weighted by molar-refractivity contribution is -0.137. The Morgan fingerprint density at radius 2 is 1.83 bits per heavy atom. The molecule has 0 saturated carbocycles. The topological polar surface area (TPSA) is 67.7 Å². The number of carbonyl (C=O) groups excluding carboxylic acids is 2. The molecule has 1 aromatic carbocycles. The Hall–Kier alpha value is -2.88. The van der Waals surface area contributed by atoms with Crippen LogP contribution in [0.2, 0.25) is 0 Å². The molecular formula is C20H23F3N4O3. The first-order valence-electron chi connectivity index (χ1n) is 9.58. The molecule has 1 aliphatic heterocycles. The number of piperazine rings is 1. The predicted molar refractivity (Wildman–Crippen MR) is 102 cm³/mol. The van der Waals surface area contributed by atoms with Crippen molar-refractivity contribution in [2.75, 3.05) is 32.8 Å². The average Bonchev–Trinajstić information content (AvgIpc) is 3.09. The number of rotatable bonds is 5. The van der Waals surface area contributed by atoms with E-state index < -0.39 is 17.7 Å². The number of carbonyl (C=O) groups is 2. The molecule has 30 heavy (non-hydrogen) atoms. The summed E-state index contributed by atoms with van der Waals surface area (Å²) in [5.74, 6) is -0.836. The van der Waals surface area contributed by atoms with E-state index in [0.717, 1.165) is 12.1 Å². The summed E-state index contributed by atoms with van der Waals surface area (Å²) in [6, 6.07) is 6.69. The van der Waals surface area contributed by atoms with E-state index in [1.54, 1.807) is 24.9 Å². The molecule has 1 amide bonds. The minimum Gasteiger partial charge on any atom is -0.461 e. The molecule has 2 heterocycles. The number of hydrogen-bond acceptors (Lipinski definition) is 5. The van der Waals surface area contributed by atoms with Crippen LogP contribution in [0.3, 0.4) is 0 Å². The van der Waals surface area contributed by atoms with E-state index in [0.29, 0.717) is 38.3 Å². The summed E-state index contributed by atoms with van der Waals surface area (Å²) in [4.78, 5) is 28.2. The van der Waals surface area contributed by atoms with Crippen molar-refractivity contribution in [1.29, 1.82) is 0 Å². The second kappa shape index (κ2) is 8.86.